The topological polar surface area (TPSA) is 35.6 Å². The number of hydrogen-bond acceptors (Lipinski definition) is 3. The molecule has 0 bridgehead atoms. The zero-order chi connectivity index (χ0) is 19.4. The number of carbonyl (C=O) groups is 1. The molecule has 1 fully saturated rings. The van der Waals surface area contributed by atoms with Crippen LogP contribution in [-0.2, 0) is 11.3 Å². The molecule has 0 radical (unpaired) electrons. The largest absolute Gasteiger partial charge is 0.369 e. The van der Waals surface area contributed by atoms with Gasteiger partial charge in [0.25, 0.3) is 0 Å². The molecule has 27 heavy (non-hydrogen) atoms. The summed E-state index contributed by atoms with van der Waals surface area (Å²) in [6.07, 6.45) is 0. The number of anilines is 1. The van der Waals surface area contributed by atoms with E-state index in [1.807, 2.05) is 6.07 Å². The highest BCUT2D eigenvalue weighted by molar-refractivity contribution is 5.78. The van der Waals surface area contributed by atoms with Crippen LogP contribution in [0.1, 0.15) is 22.3 Å². The van der Waals surface area contributed by atoms with Crippen LogP contribution >= 0.6 is 0 Å². The number of halogens is 1. The van der Waals surface area contributed by atoms with E-state index in [1.165, 1.54) is 22.9 Å². The molecule has 144 valence electrons. The molecule has 0 spiro atoms. The summed E-state index contributed by atoms with van der Waals surface area (Å²) in [6.45, 7) is 10.3. The molecule has 0 unspecified atom stereocenters. The highest BCUT2D eigenvalue weighted by Gasteiger charge is 2.20. The Morgan fingerprint density at radius 2 is 1.78 bits per heavy atom. The summed E-state index contributed by atoms with van der Waals surface area (Å²) < 4.78 is 13.6. The summed E-state index contributed by atoms with van der Waals surface area (Å²) in [5.74, 6) is -0.250. The van der Waals surface area contributed by atoms with Gasteiger partial charge in [-0.05, 0) is 55.2 Å². The van der Waals surface area contributed by atoms with Crippen molar-refractivity contribution in [2.45, 2.75) is 27.3 Å². The fourth-order valence-electron chi connectivity index (χ4n) is 3.43. The van der Waals surface area contributed by atoms with Gasteiger partial charge in [-0.15, -0.1) is 0 Å². The minimum atomic E-state index is -0.232. The molecule has 1 aliphatic rings. The third-order valence-corrected chi connectivity index (χ3v) is 5.38. The van der Waals surface area contributed by atoms with Crippen LogP contribution in [0.15, 0.2) is 36.4 Å². The average molecular weight is 369 g/mol. The first-order chi connectivity index (χ1) is 12.9. The number of nitrogens with one attached hydrogen (secondary N) is 1. The lowest BCUT2D eigenvalue weighted by molar-refractivity contribution is -0.122. The Balaban J connectivity index is 1.46. The van der Waals surface area contributed by atoms with Gasteiger partial charge in [-0.1, -0.05) is 24.3 Å². The van der Waals surface area contributed by atoms with Crippen molar-refractivity contribution in [1.29, 1.82) is 0 Å². The molecule has 4 nitrogen and oxygen atoms in total. The third-order valence-electron chi connectivity index (χ3n) is 5.38. The molecule has 2 aromatic rings. The second-order valence-corrected chi connectivity index (χ2v) is 7.34. The molecule has 1 heterocycles. The summed E-state index contributed by atoms with van der Waals surface area (Å²) in [5, 5.41) is 2.89. The van der Waals surface area contributed by atoms with Crippen LogP contribution in [-0.4, -0.2) is 43.5 Å². The van der Waals surface area contributed by atoms with Gasteiger partial charge in [0.1, 0.15) is 5.82 Å². The first kappa shape index (κ1) is 19.4. The SMILES string of the molecule is Cc1ccc(CNC(=O)CN2CCN(c3cccc(C)c3C)CC2)cc1F. The number of carbonyl (C=O) groups excluding carboxylic acids is 1. The highest BCUT2D eigenvalue weighted by Crippen LogP contribution is 2.23. The third kappa shape index (κ3) is 4.86. The lowest BCUT2D eigenvalue weighted by Gasteiger charge is -2.36. The van der Waals surface area contributed by atoms with Crippen LogP contribution in [0.2, 0.25) is 0 Å². The summed E-state index contributed by atoms with van der Waals surface area (Å²) in [7, 11) is 0. The number of nitrogens with zero attached hydrogens (tertiary/aromatic N) is 2. The molecule has 2 aromatic carbocycles. The fraction of sp³-hybridized carbons (Fsp3) is 0.409. The number of amides is 1. The van der Waals surface area contributed by atoms with E-state index in [9.17, 15) is 9.18 Å². The van der Waals surface area contributed by atoms with E-state index in [0.29, 0.717) is 18.7 Å². The zero-order valence-electron chi connectivity index (χ0n) is 16.4. The maximum atomic E-state index is 13.6. The molecule has 5 heteroatoms. The van der Waals surface area contributed by atoms with Gasteiger partial charge in [0.2, 0.25) is 5.91 Å². The molecule has 0 saturated carbocycles. The van der Waals surface area contributed by atoms with Gasteiger partial charge >= 0.3 is 0 Å². The van der Waals surface area contributed by atoms with Crippen molar-refractivity contribution in [1.82, 2.24) is 10.2 Å². The lowest BCUT2D eigenvalue weighted by Crippen LogP contribution is -2.49. The van der Waals surface area contributed by atoms with Crippen molar-refractivity contribution in [3.63, 3.8) is 0 Å². The summed E-state index contributed by atoms with van der Waals surface area (Å²) in [4.78, 5) is 16.8. The van der Waals surface area contributed by atoms with E-state index in [2.05, 4.69) is 47.2 Å². The Morgan fingerprint density at radius 1 is 1.04 bits per heavy atom. The van der Waals surface area contributed by atoms with Crippen molar-refractivity contribution in [3.05, 3.63) is 64.5 Å². The Hall–Kier alpha value is -2.40. The normalized spacial score (nSPS) is 15.0. The number of rotatable bonds is 5. The van der Waals surface area contributed by atoms with Gasteiger partial charge in [-0.3, -0.25) is 9.69 Å². The number of piperazine rings is 1. The van der Waals surface area contributed by atoms with Crippen molar-refractivity contribution >= 4 is 11.6 Å². The number of aryl methyl sites for hydroxylation is 2. The molecule has 3 rings (SSSR count). The van der Waals surface area contributed by atoms with Crippen LogP contribution in [0.25, 0.3) is 0 Å². The van der Waals surface area contributed by atoms with Crippen LogP contribution in [0.5, 0.6) is 0 Å². The van der Waals surface area contributed by atoms with Gasteiger partial charge in [0.05, 0.1) is 6.54 Å². The Morgan fingerprint density at radius 3 is 2.48 bits per heavy atom. The lowest BCUT2D eigenvalue weighted by atomic mass is 10.1. The maximum Gasteiger partial charge on any atom is 0.234 e. The molecule has 1 aliphatic heterocycles. The first-order valence-corrected chi connectivity index (χ1v) is 9.49. The van der Waals surface area contributed by atoms with E-state index in [4.69, 9.17) is 0 Å². The first-order valence-electron chi connectivity index (χ1n) is 9.49. The monoisotopic (exact) mass is 369 g/mol. The predicted octanol–water partition coefficient (Wildman–Crippen LogP) is 3.19. The van der Waals surface area contributed by atoms with E-state index in [0.717, 1.165) is 31.7 Å². The van der Waals surface area contributed by atoms with Crippen LogP contribution in [0.3, 0.4) is 0 Å². The molecule has 1 N–H and O–H groups in total. The smallest absolute Gasteiger partial charge is 0.234 e. The van der Waals surface area contributed by atoms with Crippen molar-refractivity contribution in [3.8, 4) is 0 Å². The van der Waals surface area contributed by atoms with Crippen LogP contribution < -0.4 is 10.2 Å². The second-order valence-electron chi connectivity index (χ2n) is 7.34. The molecule has 0 atom stereocenters. The van der Waals surface area contributed by atoms with Crippen LogP contribution in [0.4, 0.5) is 10.1 Å². The number of hydrogen-bond donors (Lipinski definition) is 1. The molecular formula is C22H28FN3O. The minimum absolute atomic E-state index is 0.0174. The minimum Gasteiger partial charge on any atom is -0.369 e. The van der Waals surface area contributed by atoms with Crippen LogP contribution in [0, 0.1) is 26.6 Å². The average Bonchev–Trinajstić information content (AvgIpc) is 2.66. The Labute approximate surface area is 161 Å². The van der Waals surface area contributed by atoms with Crippen molar-refractivity contribution in [2.75, 3.05) is 37.6 Å². The standard InChI is InChI=1S/C22H28FN3O/c1-16-5-4-6-21(18(16)3)26-11-9-25(10-12-26)15-22(27)24-14-19-8-7-17(2)20(23)13-19/h4-8,13H,9-12,14-15H2,1-3H3,(H,24,27). The Kier molecular flexibility index (Phi) is 6.11. The van der Waals surface area contributed by atoms with Gasteiger partial charge in [-0.2, -0.15) is 0 Å². The maximum absolute atomic E-state index is 13.6. The van der Waals surface area contributed by atoms with E-state index >= 15 is 0 Å². The predicted molar refractivity (Wildman–Crippen MR) is 108 cm³/mol. The van der Waals surface area contributed by atoms with Gasteiger partial charge in [0.15, 0.2) is 0 Å². The quantitative estimate of drug-likeness (QED) is 0.879. The number of benzene rings is 2. The van der Waals surface area contributed by atoms with E-state index in [-0.39, 0.29) is 11.7 Å². The highest BCUT2D eigenvalue weighted by atomic mass is 19.1. The van der Waals surface area contributed by atoms with Gasteiger partial charge < -0.3 is 10.2 Å². The second kappa shape index (κ2) is 8.53. The summed E-state index contributed by atoms with van der Waals surface area (Å²) >= 11 is 0. The molecule has 1 saturated heterocycles. The van der Waals surface area contributed by atoms with Gasteiger partial charge in [0, 0.05) is 38.4 Å². The molecule has 0 aliphatic carbocycles. The van der Waals surface area contributed by atoms with Crippen molar-refractivity contribution in [2.24, 2.45) is 0 Å². The van der Waals surface area contributed by atoms with Crippen molar-refractivity contribution < 1.29 is 9.18 Å². The molecular weight excluding hydrogens is 341 g/mol. The zero-order valence-corrected chi connectivity index (χ0v) is 16.4. The summed E-state index contributed by atoms with van der Waals surface area (Å²) in [5.41, 5.74) is 5.33. The Bertz CT molecular complexity index is 813. The molecule has 1 amide bonds. The fourth-order valence-corrected chi connectivity index (χ4v) is 3.43. The van der Waals surface area contributed by atoms with E-state index < -0.39 is 0 Å². The molecule has 0 aromatic heterocycles. The summed E-state index contributed by atoms with van der Waals surface area (Å²) in [6, 6.07) is 11.5. The van der Waals surface area contributed by atoms with E-state index in [1.54, 1.807) is 13.0 Å². The van der Waals surface area contributed by atoms with Gasteiger partial charge in [-0.25, -0.2) is 4.39 Å².